The number of nitrogens with zero attached hydrogens (tertiary/aromatic N) is 2. The van der Waals surface area contributed by atoms with Gasteiger partial charge in [-0.15, -0.1) is 0 Å². The van der Waals surface area contributed by atoms with E-state index in [1.165, 1.54) is 19.3 Å². The van der Waals surface area contributed by atoms with Gasteiger partial charge in [0.1, 0.15) is 5.03 Å². The van der Waals surface area contributed by atoms with E-state index in [1.807, 2.05) is 18.2 Å². The van der Waals surface area contributed by atoms with Crippen LogP contribution in [-0.2, 0) is 9.84 Å². The summed E-state index contributed by atoms with van der Waals surface area (Å²) in [5.41, 5.74) is 0.835. The molecule has 0 N–H and O–H groups in total. The van der Waals surface area contributed by atoms with Crippen LogP contribution in [0.3, 0.4) is 0 Å². The smallest absolute Gasteiger partial charge is 0.222 e. The molecule has 3 aliphatic rings. The second-order valence-electron chi connectivity index (χ2n) is 6.83. The van der Waals surface area contributed by atoms with Crippen LogP contribution in [0.1, 0.15) is 38.2 Å². The molecule has 1 aromatic rings. The van der Waals surface area contributed by atoms with Crippen LogP contribution in [0.2, 0.25) is 0 Å². The van der Waals surface area contributed by atoms with Gasteiger partial charge in [-0.3, -0.25) is 4.90 Å². The minimum Gasteiger partial charge on any atom is -0.360 e. The van der Waals surface area contributed by atoms with Crippen molar-refractivity contribution in [2.45, 2.75) is 49.6 Å². The van der Waals surface area contributed by atoms with E-state index in [0.717, 1.165) is 31.6 Å². The van der Waals surface area contributed by atoms with Crippen molar-refractivity contribution in [1.82, 2.24) is 9.80 Å². The Labute approximate surface area is 138 Å². The van der Waals surface area contributed by atoms with Gasteiger partial charge in [-0.25, -0.2) is 8.42 Å². The van der Waals surface area contributed by atoms with E-state index in [1.54, 1.807) is 12.1 Å². The fraction of sp³-hybridized carbons (Fsp3) is 0.556. The molecule has 2 atom stereocenters. The third-order valence-electron chi connectivity index (χ3n) is 5.62. The van der Waals surface area contributed by atoms with E-state index >= 15 is 0 Å². The Morgan fingerprint density at radius 2 is 1.91 bits per heavy atom. The lowest BCUT2D eigenvalue weighted by atomic mass is 9.95. The van der Waals surface area contributed by atoms with Crippen molar-refractivity contribution in [3.8, 4) is 0 Å². The highest BCUT2D eigenvalue weighted by Crippen LogP contribution is 2.37. The van der Waals surface area contributed by atoms with Gasteiger partial charge in [0.15, 0.2) is 0 Å². The summed E-state index contributed by atoms with van der Waals surface area (Å²) in [6.07, 6.45) is 6.64. The van der Waals surface area contributed by atoms with Crippen molar-refractivity contribution in [2.24, 2.45) is 0 Å². The van der Waals surface area contributed by atoms with Gasteiger partial charge in [-0.2, -0.15) is 0 Å². The van der Waals surface area contributed by atoms with Crippen LogP contribution in [0.15, 0.2) is 34.2 Å². The number of likely N-dealkylation sites (N-methyl/N-ethyl adjacent to an activating group) is 1. The Bertz CT molecular complexity index is 741. The third kappa shape index (κ3) is 2.41. The van der Waals surface area contributed by atoms with E-state index < -0.39 is 9.84 Å². The molecule has 3 aliphatic heterocycles. The largest absolute Gasteiger partial charge is 0.360 e. The zero-order valence-electron chi connectivity index (χ0n) is 13.6. The number of hydrogen-bond donors (Lipinski definition) is 0. The number of piperidine rings is 1. The fourth-order valence-electron chi connectivity index (χ4n) is 4.52. The summed E-state index contributed by atoms with van der Waals surface area (Å²) in [4.78, 5) is 5.20. The number of rotatable bonds is 2. The molecule has 2 bridgehead atoms. The van der Waals surface area contributed by atoms with Gasteiger partial charge in [0.2, 0.25) is 9.84 Å². The first-order valence-corrected chi connectivity index (χ1v) is 10.2. The van der Waals surface area contributed by atoms with Gasteiger partial charge in [0, 0.05) is 25.2 Å². The van der Waals surface area contributed by atoms with E-state index in [4.69, 9.17) is 0 Å². The molecule has 1 aromatic carbocycles. The van der Waals surface area contributed by atoms with Crippen LogP contribution in [-0.4, -0.2) is 49.9 Å². The van der Waals surface area contributed by atoms with Gasteiger partial charge >= 0.3 is 0 Å². The molecule has 4 nitrogen and oxygen atoms in total. The lowest BCUT2D eigenvalue weighted by Gasteiger charge is -2.40. The topological polar surface area (TPSA) is 40.6 Å². The van der Waals surface area contributed by atoms with Gasteiger partial charge in [0.05, 0.1) is 4.90 Å². The lowest BCUT2D eigenvalue weighted by molar-refractivity contribution is 0.0951. The quantitative estimate of drug-likeness (QED) is 0.835. The predicted molar refractivity (Wildman–Crippen MR) is 91.6 cm³/mol. The molecule has 2 fully saturated rings. The summed E-state index contributed by atoms with van der Waals surface area (Å²) in [5.74, 6) is 0. The summed E-state index contributed by atoms with van der Waals surface area (Å²) in [7, 11) is -3.35. The van der Waals surface area contributed by atoms with Crippen LogP contribution >= 0.6 is 0 Å². The van der Waals surface area contributed by atoms with Crippen LogP contribution in [0.4, 0.5) is 0 Å². The SMILES string of the molecule is CCN1C2CCCC1CN(C1=Cc3ccccc3S1(=O)=O)CC2. The van der Waals surface area contributed by atoms with Crippen molar-refractivity contribution in [3.63, 3.8) is 0 Å². The Balaban J connectivity index is 1.67. The molecule has 5 heteroatoms. The highest BCUT2D eigenvalue weighted by atomic mass is 32.2. The molecule has 0 radical (unpaired) electrons. The summed E-state index contributed by atoms with van der Waals surface area (Å²) in [5, 5.41) is 0.516. The second kappa shape index (κ2) is 5.64. The number of sulfone groups is 1. The average Bonchev–Trinajstić information content (AvgIpc) is 2.77. The maximum atomic E-state index is 12.9. The minimum atomic E-state index is -3.35. The van der Waals surface area contributed by atoms with Gasteiger partial charge in [-0.05, 0) is 43.5 Å². The lowest BCUT2D eigenvalue weighted by Crippen LogP contribution is -2.47. The summed E-state index contributed by atoms with van der Waals surface area (Å²) in [6, 6.07) is 8.44. The van der Waals surface area contributed by atoms with E-state index in [-0.39, 0.29) is 0 Å². The van der Waals surface area contributed by atoms with Crippen molar-refractivity contribution in [1.29, 1.82) is 0 Å². The average molecular weight is 332 g/mol. The standard InChI is InChI=1S/C18H24N2O2S/c1-2-20-15-7-5-8-16(20)13-19(11-10-15)18-12-14-6-3-4-9-17(14)23(18,21)22/h3-4,6,9,12,15-16H,2,5,7-8,10-11,13H2,1H3. The Kier molecular flexibility index (Phi) is 3.73. The number of fused-ring (bicyclic) bond motifs is 3. The van der Waals surface area contributed by atoms with Gasteiger partial charge in [0.25, 0.3) is 0 Å². The molecule has 0 aliphatic carbocycles. The maximum absolute atomic E-state index is 12.9. The molecule has 3 heterocycles. The Hall–Kier alpha value is -1.33. The van der Waals surface area contributed by atoms with Crippen molar-refractivity contribution < 1.29 is 8.42 Å². The molecule has 2 saturated heterocycles. The molecular weight excluding hydrogens is 308 g/mol. The van der Waals surface area contributed by atoms with Crippen molar-refractivity contribution in [3.05, 3.63) is 34.9 Å². The highest BCUT2D eigenvalue weighted by molar-refractivity contribution is 7.95. The first kappa shape index (κ1) is 15.2. The molecule has 0 aromatic heterocycles. The Morgan fingerprint density at radius 1 is 1.13 bits per heavy atom. The third-order valence-corrected chi connectivity index (χ3v) is 7.49. The normalized spacial score (nSPS) is 29.8. The second-order valence-corrected chi connectivity index (χ2v) is 8.69. The molecule has 124 valence electrons. The van der Waals surface area contributed by atoms with Crippen LogP contribution in [0.25, 0.3) is 6.08 Å². The van der Waals surface area contributed by atoms with E-state index in [9.17, 15) is 8.42 Å². The Morgan fingerprint density at radius 3 is 2.70 bits per heavy atom. The summed E-state index contributed by atoms with van der Waals surface area (Å²) in [6.45, 7) is 4.97. The van der Waals surface area contributed by atoms with Crippen molar-refractivity contribution in [2.75, 3.05) is 19.6 Å². The van der Waals surface area contributed by atoms with Crippen LogP contribution in [0, 0.1) is 0 Å². The van der Waals surface area contributed by atoms with Crippen molar-refractivity contribution >= 4 is 15.9 Å². The first-order valence-electron chi connectivity index (χ1n) is 8.68. The molecule has 23 heavy (non-hydrogen) atoms. The highest BCUT2D eigenvalue weighted by Gasteiger charge is 2.39. The summed E-state index contributed by atoms with van der Waals surface area (Å²) >= 11 is 0. The van der Waals surface area contributed by atoms with Crippen LogP contribution in [0.5, 0.6) is 0 Å². The maximum Gasteiger partial charge on any atom is 0.222 e. The van der Waals surface area contributed by atoms with Gasteiger partial charge in [-0.1, -0.05) is 31.5 Å². The molecule has 0 spiro atoms. The number of benzene rings is 1. The molecule has 0 saturated carbocycles. The van der Waals surface area contributed by atoms with E-state index in [0.29, 0.717) is 22.0 Å². The molecule has 2 unspecified atom stereocenters. The van der Waals surface area contributed by atoms with Gasteiger partial charge < -0.3 is 4.90 Å². The summed E-state index contributed by atoms with van der Waals surface area (Å²) < 4.78 is 25.8. The monoisotopic (exact) mass is 332 g/mol. The molecular formula is C18H24N2O2S. The van der Waals surface area contributed by atoms with Crippen LogP contribution < -0.4 is 0 Å². The first-order chi connectivity index (χ1) is 11.1. The fourth-order valence-corrected chi connectivity index (χ4v) is 6.23. The molecule has 0 amide bonds. The zero-order valence-corrected chi connectivity index (χ0v) is 14.4. The minimum absolute atomic E-state index is 0.467. The molecule has 4 rings (SSSR count). The van der Waals surface area contributed by atoms with E-state index in [2.05, 4.69) is 16.7 Å². The predicted octanol–water partition coefficient (Wildman–Crippen LogP) is 2.72. The zero-order chi connectivity index (χ0) is 16.0. The number of hydrogen-bond acceptors (Lipinski definition) is 4.